The summed E-state index contributed by atoms with van der Waals surface area (Å²) >= 11 is 0. The molecule has 158 valence electrons. The minimum Gasteiger partial charge on any atom is -0.340 e. The van der Waals surface area contributed by atoms with E-state index in [0.29, 0.717) is 5.69 Å². The highest BCUT2D eigenvalue weighted by molar-refractivity contribution is 6.06. The Bertz CT molecular complexity index is 1400. The largest absolute Gasteiger partial charge is 0.340 e. The molecule has 6 nitrogen and oxygen atoms in total. The third-order valence-corrected chi connectivity index (χ3v) is 5.64. The fourth-order valence-electron chi connectivity index (χ4n) is 3.95. The first-order chi connectivity index (χ1) is 15.6. The van der Waals surface area contributed by atoms with Gasteiger partial charge >= 0.3 is 0 Å². The van der Waals surface area contributed by atoms with E-state index in [0.717, 1.165) is 45.8 Å². The maximum absolute atomic E-state index is 12.9. The number of hydrogen-bond donors (Lipinski definition) is 1. The van der Waals surface area contributed by atoms with E-state index in [1.165, 1.54) is 0 Å². The summed E-state index contributed by atoms with van der Waals surface area (Å²) in [6.45, 7) is 2.09. The Balaban J connectivity index is 1.39. The number of carbonyl (C=O) groups is 1. The van der Waals surface area contributed by atoms with Crippen LogP contribution in [0, 0.1) is 0 Å². The molecule has 0 unspecified atom stereocenters. The number of rotatable bonds is 5. The van der Waals surface area contributed by atoms with Crippen LogP contribution in [0.1, 0.15) is 23.2 Å². The molecule has 0 aliphatic rings. The van der Waals surface area contributed by atoms with Crippen molar-refractivity contribution >= 4 is 22.5 Å². The molecule has 0 fully saturated rings. The van der Waals surface area contributed by atoms with E-state index in [-0.39, 0.29) is 5.91 Å². The molecule has 6 heteroatoms. The summed E-state index contributed by atoms with van der Waals surface area (Å²) in [4.78, 5) is 21.8. The number of aryl methyl sites for hydroxylation is 2. The van der Waals surface area contributed by atoms with Crippen molar-refractivity contribution in [1.29, 1.82) is 0 Å². The number of benzene rings is 2. The van der Waals surface area contributed by atoms with Crippen molar-refractivity contribution in [2.45, 2.75) is 13.3 Å². The van der Waals surface area contributed by atoms with Gasteiger partial charge in [0.15, 0.2) is 0 Å². The molecule has 0 saturated carbocycles. The van der Waals surface area contributed by atoms with Crippen molar-refractivity contribution < 1.29 is 4.79 Å². The van der Waals surface area contributed by atoms with Crippen molar-refractivity contribution in [3.8, 4) is 16.9 Å². The maximum atomic E-state index is 12.9. The molecule has 3 aromatic heterocycles. The molecule has 0 atom stereocenters. The number of amides is 1. The molecule has 32 heavy (non-hydrogen) atoms. The number of hydrogen-bond acceptors (Lipinski definition) is 3. The van der Waals surface area contributed by atoms with Crippen molar-refractivity contribution in [1.82, 2.24) is 19.1 Å². The zero-order valence-electron chi connectivity index (χ0n) is 18.0. The Hall–Kier alpha value is -4.19. The monoisotopic (exact) mass is 421 g/mol. The van der Waals surface area contributed by atoms with Crippen molar-refractivity contribution in [2.75, 3.05) is 5.32 Å². The lowest BCUT2D eigenvalue weighted by molar-refractivity contribution is 0.101. The molecule has 3 heterocycles. The van der Waals surface area contributed by atoms with Gasteiger partial charge in [0.2, 0.25) is 0 Å². The van der Waals surface area contributed by atoms with Crippen LogP contribution in [-0.2, 0) is 13.5 Å². The number of pyridine rings is 1. The van der Waals surface area contributed by atoms with Gasteiger partial charge in [-0.2, -0.15) is 0 Å². The molecule has 1 N–H and O–H groups in total. The fourth-order valence-corrected chi connectivity index (χ4v) is 3.95. The van der Waals surface area contributed by atoms with Crippen LogP contribution in [-0.4, -0.2) is 25.0 Å². The number of carbonyl (C=O) groups excluding carboxylic acids is 1. The first kappa shape index (κ1) is 19.8. The molecule has 0 radical (unpaired) electrons. The van der Waals surface area contributed by atoms with E-state index in [1.54, 1.807) is 6.20 Å². The second-order valence-corrected chi connectivity index (χ2v) is 7.66. The molecule has 0 spiro atoms. The molecule has 5 aromatic rings. The minimum atomic E-state index is -0.132. The zero-order chi connectivity index (χ0) is 22.1. The molecular formula is C26H23N5O. The van der Waals surface area contributed by atoms with Gasteiger partial charge in [0.25, 0.3) is 5.91 Å². The Labute approximate surface area is 186 Å². The van der Waals surface area contributed by atoms with Crippen LogP contribution in [0.4, 0.5) is 5.69 Å². The molecular weight excluding hydrogens is 398 g/mol. The fraction of sp³-hybridized carbons (Fsp3) is 0.115. The van der Waals surface area contributed by atoms with Crippen molar-refractivity contribution in [3.63, 3.8) is 0 Å². The van der Waals surface area contributed by atoms with Crippen molar-refractivity contribution in [3.05, 3.63) is 96.8 Å². The summed E-state index contributed by atoms with van der Waals surface area (Å²) in [6, 6.07) is 21.6. The van der Waals surface area contributed by atoms with Gasteiger partial charge in [-0.1, -0.05) is 25.1 Å². The van der Waals surface area contributed by atoms with Gasteiger partial charge in [0.05, 0.1) is 5.69 Å². The third-order valence-electron chi connectivity index (χ3n) is 5.64. The Morgan fingerprint density at radius 2 is 1.84 bits per heavy atom. The quantitative estimate of drug-likeness (QED) is 0.422. The molecule has 1 amide bonds. The second kappa shape index (κ2) is 8.15. The number of aromatic nitrogens is 4. The van der Waals surface area contributed by atoms with Crippen LogP contribution >= 0.6 is 0 Å². The van der Waals surface area contributed by atoms with Crippen LogP contribution < -0.4 is 5.32 Å². The average Bonchev–Trinajstić information content (AvgIpc) is 3.42. The van der Waals surface area contributed by atoms with Gasteiger partial charge < -0.3 is 14.5 Å². The van der Waals surface area contributed by atoms with E-state index in [1.807, 2.05) is 90.7 Å². The lowest BCUT2D eigenvalue weighted by atomic mass is 10.2. The summed E-state index contributed by atoms with van der Waals surface area (Å²) in [7, 11) is 1.91. The first-order valence-corrected chi connectivity index (χ1v) is 10.6. The number of nitrogens with one attached hydrogen (secondary N) is 1. The normalized spacial score (nSPS) is 11.1. The Morgan fingerprint density at radius 1 is 1.03 bits per heavy atom. The smallest absolute Gasteiger partial charge is 0.272 e. The van der Waals surface area contributed by atoms with E-state index in [4.69, 9.17) is 4.98 Å². The third kappa shape index (κ3) is 3.56. The highest BCUT2D eigenvalue weighted by Crippen LogP contribution is 2.23. The predicted octanol–water partition coefficient (Wildman–Crippen LogP) is 5.24. The summed E-state index contributed by atoms with van der Waals surface area (Å²) in [5.41, 5.74) is 5.27. The topological polar surface area (TPSA) is 64.7 Å². The second-order valence-electron chi connectivity index (χ2n) is 7.66. The minimum absolute atomic E-state index is 0.132. The lowest BCUT2D eigenvalue weighted by Gasteiger charge is -2.09. The van der Waals surface area contributed by atoms with Gasteiger partial charge in [-0.15, -0.1) is 0 Å². The highest BCUT2D eigenvalue weighted by atomic mass is 16.1. The zero-order valence-corrected chi connectivity index (χ0v) is 18.0. The van der Waals surface area contributed by atoms with E-state index in [9.17, 15) is 4.79 Å². The van der Waals surface area contributed by atoms with E-state index < -0.39 is 0 Å². The lowest BCUT2D eigenvalue weighted by Crippen LogP contribution is -2.15. The van der Waals surface area contributed by atoms with Gasteiger partial charge in [-0.05, 0) is 48.5 Å². The molecule has 0 aliphatic carbocycles. The molecule has 5 rings (SSSR count). The Kier molecular flexibility index (Phi) is 5.03. The van der Waals surface area contributed by atoms with E-state index in [2.05, 4.69) is 21.8 Å². The van der Waals surface area contributed by atoms with Gasteiger partial charge in [-0.25, -0.2) is 4.98 Å². The number of imidazole rings is 1. The van der Waals surface area contributed by atoms with Gasteiger partial charge in [-0.3, -0.25) is 9.78 Å². The standard InChI is InChI=1S/C26H23N5O/c1-3-25-29-22(19-8-6-14-27-16-19)17-31(25)21-12-10-20(11-13-21)28-26(32)24-15-18-7-4-5-9-23(18)30(24)2/h4-17H,3H2,1-2H3,(H,28,32). The SMILES string of the molecule is CCc1nc(-c2cccnc2)cn1-c1ccc(NC(=O)c2cc3ccccc3n2C)cc1. The predicted molar refractivity (Wildman–Crippen MR) is 127 cm³/mol. The van der Waals surface area contributed by atoms with E-state index >= 15 is 0 Å². The van der Waals surface area contributed by atoms with Crippen LogP contribution in [0.2, 0.25) is 0 Å². The van der Waals surface area contributed by atoms with Crippen LogP contribution in [0.3, 0.4) is 0 Å². The Morgan fingerprint density at radius 3 is 2.56 bits per heavy atom. The summed E-state index contributed by atoms with van der Waals surface area (Å²) < 4.78 is 4.00. The van der Waals surface area contributed by atoms with Gasteiger partial charge in [0.1, 0.15) is 11.5 Å². The highest BCUT2D eigenvalue weighted by Gasteiger charge is 2.14. The number of fused-ring (bicyclic) bond motifs is 1. The van der Waals surface area contributed by atoms with Crippen LogP contribution in [0.25, 0.3) is 27.8 Å². The summed E-state index contributed by atoms with van der Waals surface area (Å²) in [6.07, 6.45) is 6.41. The van der Waals surface area contributed by atoms with Crippen LogP contribution in [0.15, 0.2) is 85.3 Å². The number of nitrogens with zero attached hydrogens (tertiary/aromatic N) is 4. The molecule has 0 saturated heterocycles. The summed E-state index contributed by atoms with van der Waals surface area (Å²) in [5, 5.41) is 4.05. The number of para-hydroxylation sites is 1. The molecule has 2 aromatic carbocycles. The summed E-state index contributed by atoms with van der Waals surface area (Å²) in [5.74, 6) is 0.836. The van der Waals surface area contributed by atoms with Gasteiger partial charge in [0, 0.05) is 59.9 Å². The van der Waals surface area contributed by atoms with Crippen LogP contribution in [0.5, 0.6) is 0 Å². The first-order valence-electron chi connectivity index (χ1n) is 10.6. The maximum Gasteiger partial charge on any atom is 0.272 e. The molecule has 0 bridgehead atoms. The number of anilines is 1. The molecule has 0 aliphatic heterocycles. The van der Waals surface area contributed by atoms with Crippen molar-refractivity contribution in [2.24, 2.45) is 7.05 Å². The average molecular weight is 422 g/mol.